The summed E-state index contributed by atoms with van der Waals surface area (Å²) in [7, 11) is 0. The van der Waals surface area contributed by atoms with Gasteiger partial charge in [-0.2, -0.15) is 0 Å². The van der Waals surface area contributed by atoms with Crippen molar-refractivity contribution in [3.05, 3.63) is 53.1 Å². The third-order valence-electron chi connectivity index (χ3n) is 2.79. The van der Waals surface area contributed by atoms with Crippen LogP contribution in [0.3, 0.4) is 0 Å². The van der Waals surface area contributed by atoms with Crippen LogP contribution in [-0.2, 0) is 0 Å². The SMILES string of the molecule is Cl.[2H]C([2H])([2H])C(c1cnc[nH]1)c1cccc(C)c1C. The summed E-state index contributed by atoms with van der Waals surface area (Å²) in [5.41, 5.74) is 3.58. The third-order valence-corrected chi connectivity index (χ3v) is 2.79. The predicted molar refractivity (Wildman–Crippen MR) is 69.3 cm³/mol. The summed E-state index contributed by atoms with van der Waals surface area (Å²) in [5.74, 6) is -0.653. The average molecular weight is 240 g/mol. The van der Waals surface area contributed by atoms with Gasteiger partial charge in [0.15, 0.2) is 0 Å². The molecule has 1 N–H and O–H groups in total. The Morgan fingerprint density at radius 1 is 1.38 bits per heavy atom. The summed E-state index contributed by atoms with van der Waals surface area (Å²) in [6, 6.07) is 5.76. The van der Waals surface area contributed by atoms with Gasteiger partial charge >= 0.3 is 0 Å². The molecule has 16 heavy (non-hydrogen) atoms. The standard InChI is InChI=1S/C13H16N2.ClH/c1-9-5-4-6-12(10(9)2)11(3)13-7-14-8-15-13;/h4-8,11H,1-3H3,(H,14,15);1H/i3D3;. The van der Waals surface area contributed by atoms with Gasteiger partial charge in [-0.05, 0) is 30.5 Å². The fraction of sp³-hybridized carbons (Fsp3) is 0.308. The molecule has 3 heteroatoms. The Kier molecular flexibility index (Phi) is 2.85. The number of imidazole rings is 1. The van der Waals surface area contributed by atoms with Crippen LogP contribution in [0.15, 0.2) is 30.7 Å². The Balaban J connectivity index is 0.00000180. The maximum Gasteiger partial charge on any atom is 0.0921 e. The highest BCUT2D eigenvalue weighted by Crippen LogP contribution is 2.26. The molecule has 0 radical (unpaired) electrons. The van der Waals surface area contributed by atoms with Crippen LogP contribution in [0.5, 0.6) is 0 Å². The summed E-state index contributed by atoms with van der Waals surface area (Å²) in [4.78, 5) is 6.85. The largest absolute Gasteiger partial charge is 0.348 e. The van der Waals surface area contributed by atoms with Crippen LogP contribution in [0.25, 0.3) is 0 Å². The van der Waals surface area contributed by atoms with Crippen molar-refractivity contribution < 1.29 is 4.11 Å². The van der Waals surface area contributed by atoms with Crippen molar-refractivity contribution in [2.75, 3.05) is 0 Å². The van der Waals surface area contributed by atoms with Gasteiger partial charge in [-0.1, -0.05) is 25.1 Å². The first-order valence-electron chi connectivity index (χ1n) is 6.45. The van der Waals surface area contributed by atoms with Crippen LogP contribution in [0.1, 0.15) is 39.3 Å². The minimum Gasteiger partial charge on any atom is -0.348 e. The van der Waals surface area contributed by atoms with E-state index in [-0.39, 0.29) is 12.4 Å². The lowest BCUT2D eigenvalue weighted by Crippen LogP contribution is -2.00. The fourth-order valence-electron chi connectivity index (χ4n) is 1.68. The van der Waals surface area contributed by atoms with Gasteiger partial charge in [-0.15, -0.1) is 12.4 Å². The number of hydrogen-bond donors (Lipinski definition) is 1. The first kappa shape index (κ1) is 8.82. The number of aryl methyl sites for hydroxylation is 1. The molecule has 0 aliphatic rings. The molecular weight excluding hydrogens is 220 g/mol. The van der Waals surface area contributed by atoms with E-state index in [1.165, 1.54) is 6.33 Å². The van der Waals surface area contributed by atoms with Crippen molar-refractivity contribution in [3.8, 4) is 0 Å². The number of nitrogens with zero attached hydrogens (tertiary/aromatic N) is 1. The quantitative estimate of drug-likeness (QED) is 0.852. The maximum absolute atomic E-state index is 7.76. The molecule has 0 saturated carbocycles. The zero-order chi connectivity index (χ0) is 13.3. The van der Waals surface area contributed by atoms with Crippen molar-refractivity contribution >= 4 is 12.4 Å². The number of H-pyrrole nitrogens is 1. The lowest BCUT2D eigenvalue weighted by Gasteiger charge is -2.14. The molecule has 1 atom stereocenters. The molecule has 0 aliphatic heterocycles. The normalized spacial score (nSPS) is 15.5. The lowest BCUT2D eigenvalue weighted by molar-refractivity contribution is 0.871. The summed E-state index contributed by atoms with van der Waals surface area (Å²) in [6.45, 7) is 1.85. The van der Waals surface area contributed by atoms with Gasteiger partial charge in [0, 0.05) is 21.9 Å². The minimum absolute atomic E-state index is 0. The molecule has 0 spiro atoms. The van der Waals surface area contributed by atoms with Crippen LogP contribution >= 0.6 is 12.4 Å². The molecule has 0 saturated heterocycles. The lowest BCUT2D eigenvalue weighted by atomic mass is 9.92. The highest BCUT2D eigenvalue weighted by atomic mass is 35.5. The third kappa shape index (κ3) is 2.27. The number of aromatic nitrogens is 2. The van der Waals surface area contributed by atoms with Gasteiger partial charge in [0.25, 0.3) is 0 Å². The van der Waals surface area contributed by atoms with Crippen molar-refractivity contribution in [3.63, 3.8) is 0 Å². The minimum atomic E-state index is -2.09. The molecular formula is C13H17ClN2. The maximum atomic E-state index is 7.76. The van der Waals surface area contributed by atoms with Gasteiger partial charge in [0.1, 0.15) is 0 Å². The Bertz CT molecular complexity index is 535. The molecule has 2 aromatic rings. The monoisotopic (exact) mass is 239 g/mol. The fourth-order valence-corrected chi connectivity index (χ4v) is 1.68. The highest BCUT2D eigenvalue weighted by Gasteiger charge is 2.12. The van der Waals surface area contributed by atoms with Crippen molar-refractivity contribution in [1.29, 1.82) is 0 Å². The van der Waals surface area contributed by atoms with E-state index in [0.717, 1.165) is 16.7 Å². The molecule has 1 heterocycles. The molecule has 1 aromatic heterocycles. The Hall–Kier alpha value is -1.28. The van der Waals surface area contributed by atoms with Gasteiger partial charge in [0.05, 0.1) is 6.33 Å². The van der Waals surface area contributed by atoms with Gasteiger partial charge < -0.3 is 4.98 Å². The van der Waals surface area contributed by atoms with Crippen LogP contribution in [-0.4, -0.2) is 9.97 Å². The second-order valence-corrected chi connectivity index (χ2v) is 3.73. The molecule has 0 bridgehead atoms. The summed E-state index contributed by atoms with van der Waals surface area (Å²) < 4.78 is 23.3. The van der Waals surface area contributed by atoms with Crippen LogP contribution in [0.4, 0.5) is 0 Å². The Morgan fingerprint density at radius 2 is 2.19 bits per heavy atom. The molecule has 2 rings (SSSR count). The number of benzene rings is 1. The van der Waals surface area contributed by atoms with Gasteiger partial charge in [0.2, 0.25) is 0 Å². The number of halogens is 1. The first-order chi connectivity index (χ1) is 8.41. The van der Waals surface area contributed by atoms with Crippen molar-refractivity contribution in [1.82, 2.24) is 9.97 Å². The second kappa shape index (κ2) is 5.17. The summed E-state index contributed by atoms with van der Waals surface area (Å²) in [6.07, 6.45) is 3.10. The predicted octanol–water partition coefficient (Wildman–Crippen LogP) is 3.60. The molecule has 2 nitrogen and oxygen atoms in total. The van der Waals surface area contributed by atoms with Crippen LogP contribution in [0, 0.1) is 13.8 Å². The second-order valence-electron chi connectivity index (χ2n) is 3.73. The zero-order valence-electron chi connectivity index (χ0n) is 12.3. The highest BCUT2D eigenvalue weighted by molar-refractivity contribution is 5.85. The smallest absolute Gasteiger partial charge is 0.0921 e. The van der Waals surface area contributed by atoms with Crippen LogP contribution in [0.2, 0.25) is 0 Å². The number of rotatable bonds is 2. The molecule has 0 amide bonds. The van der Waals surface area contributed by atoms with E-state index in [1.54, 1.807) is 6.20 Å². The topological polar surface area (TPSA) is 28.7 Å². The molecule has 86 valence electrons. The van der Waals surface area contributed by atoms with E-state index in [4.69, 9.17) is 4.11 Å². The van der Waals surface area contributed by atoms with E-state index in [1.807, 2.05) is 32.0 Å². The van der Waals surface area contributed by atoms with Gasteiger partial charge in [-0.3, -0.25) is 0 Å². The van der Waals surface area contributed by atoms with E-state index < -0.39 is 12.8 Å². The Morgan fingerprint density at radius 3 is 2.81 bits per heavy atom. The summed E-state index contributed by atoms with van der Waals surface area (Å²) >= 11 is 0. The average Bonchev–Trinajstić information content (AvgIpc) is 2.76. The van der Waals surface area contributed by atoms with Crippen molar-refractivity contribution in [2.45, 2.75) is 26.6 Å². The molecule has 1 unspecified atom stereocenters. The van der Waals surface area contributed by atoms with Crippen LogP contribution < -0.4 is 0 Å². The van der Waals surface area contributed by atoms with E-state index in [2.05, 4.69) is 9.97 Å². The van der Waals surface area contributed by atoms with E-state index in [9.17, 15) is 0 Å². The molecule has 0 aliphatic carbocycles. The van der Waals surface area contributed by atoms with Gasteiger partial charge in [-0.25, -0.2) is 4.98 Å². The Labute approximate surface area is 107 Å². The number of hydrogen-bond acceptors (Lipinski definition) is 1. The zero-order valence-corrected chi connectivity index (χ0v) is 10.1. The van der Waals surface area contributed by atoms with E-state index >= 15 is 0 Å². The number of nitrogens with one attached hydrogen (secondary N) is 1. The molecule has 0 fully saturated rings. The van der Waals surface area contributed by atoms with E-state index in [0.29, 0.717) is 5.69 Å². The number of aromatic amines is 1. The molecule has 1 aromatic carbocycles. The summed E-state index contributed by atoms with van der Waals surface area (Å²) in [5, 5.41) is 0. The first-order valence-corrected chi connectivity index (χ1v) is 4.95. The van der Waals surface area contributed by atoms with Crippen molar-refractivity contribution in [2.24, 2.45) is 0 Å².